The molecule has 140 valence electrons. The second kappa shape index (κ2) is 11.5. The average molecular weight is 354 g/mol. The average Bonchev–Trinajstić information content (AvgIpc) is 2.68. The van der Waals surface area contributed by atoms with Crippen molar-refractivity contribution in [3.05, 3.63) is 60.2 Å². The van der Waals surface area contributed by atoms with Crippen molar-refractivity contribution in [1.29, 1.82) is 0 Å². The molecule has 0 aliphatic carbocycles. The maximum Gasteiger partial charge on any atom is 0.340 e. The summed E-state index contributed by atoms with van der Waals surface area (Å²) in [7, 11) is 0. The van der Waals surface area contributed by atoms with Crippen molar-refractivity contribution in [3.63, 3.8) is 0 Å². The van der Waals surface area contributed by atoms with Crippen LogP contribution < -0.4 is 0 Å². The first-order valence-electron chi connectivity index (χ1n) is 9.68. The summed E-state index contributed by atoms with van der Waals surface area (Å²) in [5.41, 5.74) is 2.75. The van der Waals surface area contributed by atoms with Crippen molar-refractivity contribution in [2.75, 3.05) is 6.61 Å². The Morgan fingerprint density at radius 1 is 0.846 bits per heavy atom. The normalized spacial score (nSPS) is 11.9. The molecular formula is C23H30O3. The minimum Gasteiger partial charge on any atom is -0.432 e. The molecule has 3 heteroatoms. The topological polar surface area (TPSA) is 35.5 Å². The Kier molecular flexibility index (Phi) is 8.91. The van der Waals surface area contributed by atoms with E-state index in [1.165, 1.54) is 32.1 Å². The molecule has 0 aliphatic rings. The summed E-state index contributed by atoms with van der Waals surface area (Å²) in [5, 5.41) is 0. The lowest BCUT2D eigenvalue weighted by Gasteiger charge is -2.14. The van der Waals surface area contributed by atoms with Gasteiger partial charge in [0.15, 0.2) is 6.29 Å². The lowest BCUT2D eigenvalue weighted by molar-refractivity contribution is -0.0987. The maximum absolute atomic E-state index is 12.2. The predicted molar refractivity (Wildman–Crippen MR) is 106 cm³/mol. The third-order valence-electron chi connectivity index (χ3n) is 4.35. The van der Waals surface area contributed by atoms with Gasteiger partial charge >= 0.3 is 5.97 Å². The number of hydrogen-bond acceptors (Lipinski definition) is 3. The number of unbranched alkanes of at least 4 members (excludes halogenated alkanes) is 5. The van der Waals surface area contributed by atoms with Gasteiger partial charge in [0.1, 0.15) is 0 Å². The highest BCUT2D eigenvalue weighted by Gasteiger charge is 2.12. The summed E-state index contributed by atoms with van der Waals surface area (Å²) in [5.74, 6) is -0.347. The number of carbonyl (C=O) groups excluding carboxylic acids is 1. The molecule has 26 heavy (non-hydrogen) atoms. The highest BCUT2D eigenvalue weighted by Crippen LogP contribution is 2.19. The molecule has 0 aromatic heterocycles. The lowest BCUT2D eigenvalue weighted by atomic mass is 10.0. The molecule has 0 N–H and O–H groups in total. The van der Waals surface area contributed by atoms with Crippen molar-refractivity contribution >= 4 is 5.97 Å². The Morgan fingerprint density at radius 3 is 2.15 bits per heavy atom. The van der Waals surface area contributed by atoms with Crippen LogP contribution in [-0.4, -0.2) is 18.9 Å². The van der Waals surface area contributed by atoms with Gasteiger partial charge in [-0.15, -0.1) is 0 Å². The van der Waals surface area contributed by atoms with Gasteiger partial charge in [-0.3, -0.25) is 0 Å². The van der Waals surface area contributed by atoms with E-state index in [1.807, 2.05) is 42.5 Å². The predicted octanol–water partition coefficient (Wildman–Crippen LogP) is 6.23. The van der Waals surface area contributed by atoms with Gasteiger partial charge in [-0.2, -0.15) is 0 Å². The second-order valence-electron chi connectivity index (χ2n) is 6.55. The van der Waals surface area contributed by atoms with Gasteiger partial charge in [0.05, 0.1) is 12.2 Å². The minimum absolute atomic E-state index is 0.347. The summed E-state index contributed by atoms with van der Waals surface area (Å²) in [6.45, 7) is 4.62. The third-order valence-corrected chi connectivity index (χ3v) is 4.35. The monoisotopic (exact) mass is 354 g/mol. The van der Waals surface area contributed by atoms with Crippen LogP contribution in [0.4, 0.5) is 0 Å². The zero-order chi connectivity index (χ0) is 18.6. The van der Waals surface area contributed by atoms with E-state index in [4.69, 9.17) is 9.47 Å². The molecule has 0 spiro atoms. The van der Waals surface area contributed by atoms with Gasteiger partial charge in [0, 0.05) is 0 Å². The van der Waals surface area contributed by atoms with Crippen LogP contribution in [0, 0.1) is 0 Å². The number of rotatable bonds is 11. The van der Waals surface area contributed by atoms with E-state index in [-0.39, 0.29) is 5.97 Å². The highest BCUT2D eigenvalue weighted by molar-refractivity contribution is 5.90. The summed E-state index contributed by atoms with van der Waals surface area (Å²) < 4.78 is 11.0. The second-order valence-corrected chi connectivity index (χ2v) is 6.55. The van der Waals surface area contributed by atoms with Crippen LogP contribution in [-0.2, 0) is 9.47 Å². The first-order valence-corrected chi connectivity index (χ1v) is 9.68. The summed E-state index contributed by atoms with van der Waals surface area (Å²) in [4.78, 5) is 12.2. The zero-order valence-electron chi connectivity index (χ0n) is 15.9. The number of hydrogen-bond donors (Lipinski definition) is 0. The highest BCUT2D eigenvalue weighted by atomic mass is 16.7. The number of ether oxygens (including phenoxy) is 2. The Morgan fingerprint density at radius 2 is 1.46 bits per heavy atom. The van der Waals surface area contributed by atoms with Gasteiger partial charge in [0.2, 0.25) is 0 Å². The smallest absolute Gasteiger partial charge is 0.340 e. The quantitative estimate of drug-likeness (QED) is 0.272. The molecule has 0 saturated heterocycles. The molecule has 2 aromatic carbocycles. The lowest BCUT2D eigenvalue weighted by Crippen LogP contribution is -2.18. The molecule has 0 radical (unpaired) electrons. The molecular weight excluding hydrogens is 324 g/mol. The Hall–Kier alpha value is -2.13. The maximum atomic E-state index is 12.2. The van der Waals surface area contributed by atoms with Crippen LogP contribution in [0.3, 0.4) is 0 Å². The van der Waals surface area contributed by atoms with Gasteiger partial charge < -0.3 is 9.47 Å². The number of esters is 1. The largest absolute Gasteiger partial charge is 0.432 e. The van der Waals surface area contributed by atoms with Crippen molar-refractivity contribution < 1.29 is 14.3 Å². The molecule has 0 fully saturated rings. The van der Waals surface area contributed by atoms with Crippen LogP contribution in [0.15, 0.2) is 54.6 Å². The fraction of sp³-hybridized carbons (Fsp3) is 0.435. The molecule has 0 saturated carbocycles. The van der Waals surface area contributed by atoms with Crippen LogP contribution in [0.1, 0.15) is 62.7 Å². The van der Waals surface area contributed by atoms with E-state index in [0.717, 1.165) is 17.5 Å². The Labute approximate surface area is 157 Å². The first-order chi connectivity index (χ1) is 12.7. The Balaban J connectivity index is 1.71. The van der Waals surface area contributed by atoms with Crippen LogP contribution in [0.25, 0.3) is 11.1 Å². The fourth-order valence-electron chi connectivity index (χ4n) is 2.81. The standard InChI is InChI=1S/C23H30O3/c1-3-4-5-6-7-11-18-25-19(2)26-23(24)22-16-14-21(15-17-22)20-12-9-8-10-13-20/h8-10,12-17,19H,3-7,11,18H2,1-2H3. The molecule has 3 nitrogen and oxygen atoms in total. The Bertz CT molecular complexity index is 634. The van der Waals surface area contributed by atoms with E-state index >= 15 is 0 Å². The van der Waals surface area contributed by atoms with Crippen molar-refractivity contribution in [3.8, 4) is 11.1 Å². The molecule has 0 heterocycles. The van der Waals surface area contributed by atoms with Crippen LogP contribution in [0.2, 0.25) is 0 Å². The summed E-state index contributed by atoms with van der Waals surface area (Å²) in [6, 6.07) is 17.6. The van der Waals surface area contributed by atoms with E-state index in [1.54, 1.807) is 19.1 Å². The van der Waals surface area contributed by atoms with E-state index in [2.05, 4.69) is 6.92 Å². The van der Waals surface area contributed by atoms with Gasteiger partial charge in [-0.05, 0) is 36.6 Å². The number of carbonyl (C=O) groups is 1. The minimum atomic E-state index is -0.521. The first kappa shape index (κ1) is 20.2. The summed E-state index contributed by atoms with van der Waals surface area (Å²) in [6.07, 6.45) is 6.76. The van der Waals surface area contributed by atoms with Crippen LogP contribution in [0.5, 0.6) is 0 Å². The van der Waals surface area contributed by atoms with Gasteiger partial charge in [0.25, 0.3) is 0 Å². The summed E-state index contributed by atoms with van der Waals surface area (Å²) >= 11 is 0. The van der Waals surface area contributed by atoms with Gasteiger partial charge in [-0.25, -0.2) is 4.79 Å². The molecule has 0 bridgehead atoms. The van der Waals surface area contributed by atoms with Crippen molar-refractivity contribution in [1.82, 2.24) is 0 Å². The van der Waals surface area contributed by atoms with Crippen molar-refractivity contribution in [2.24, 2.45) is 0 Å². The SMILES string of the molecule is CCCCCCCCOC(C)OC(=O)c1ccc(-c2ccccc2)cc1. The van der Waals surface area contributed by atoms with E-state index < -0.39 is 6.29 Å². The van der Waals surface area contributed by atoms with Crippen LogP contribution >= 0.6 is 0 Å². The van der Waals surface area contributed by atoms with Gasteiger partial charge in [-0.1, -0.05) is 81.5 Å². The third kappa shape index (κ3) is 7.01. The number of benzene rings is 2. The van der Waals surface area contributed by atoms with E-state index in [0.29, 0.717) is 12.2 Å². The molecule has 1 atom stereocenters. The van der Waals surface area contributed by atoms with Crippen molar-refractivity contribution in [2.45, 2.75) is 58.7 Å². The zero-order valence-corrected chi connectivity index (χ0v) is 15.9. The molecule has 0 aliphatic heterocycles. The van der Waals surface area contributed by atoms with E-state index in [9.17, 15) is 4.79 Å². The molecule has 2 rings (SSSR count). The molecule has 0 amide bonds. The molecule has 1 unspecified atom stereocenters. The fourth-order valence-corrected chi connectivity index (χ4v) is 2.81. The molecule has 2 aromatic rings.